The number of hydrogen-bond acceptors (Lipinski definition) is 2. The van der Waals surface area contributed by atoms with Gasteiger partial charge in [0.2, 0.25) is 0 Å². The molecule has 1 fully saturated rings. The van der Waals surface area contributed by atoms with Crippen LogP contribution in [0.5, 0.6) is 0 Å². The highest BCUT2D eigenvalue weighted by Gasteiger charge is 2.38. The van der Waals surface area contributed by atoms with E-state index >= 15 is 0 Å². The van der Waals surface area contributed by atoms with Gasteiger partial charge in [0.05, 0.1) is 0 Å². The lowest BCUT2D eigenvalue weighted by Gasteiger charge is -2.36. The first-order chi connectivity index (χ1) is 8.03. The third-order valence-electron chi connectivity index (χ3n) is 3.76. The minimum atomic E-state index is -0.787. The number of carbonyl (C=O) groups is 1. The van der Waals surface area contributed by atoms with Crippen LogP contribution in [0.4, 0.5) is 0 Å². The van der Waals surface area contributed by atoms with Gasteiger partial charge < -0.3 is 10.4 Å². The molecule has 2 unspecified atom stereocenters. The van der Waals surface area contributed by atoms with Crippen molar-refractivity contribution in [2.45, 2.75) is 38.1 Å². The van der Waals surface area contributed by atoms with Gasteiger partial charge in [-0.25, -0.2) is 0 Å². The fourth-order valence-electron chi connectivity index (χ4n) is 2.66. The van der Waals surface area contributed by atoms with E-state index in [9.17, 15) is 9.90 Å². The molecule has 0 saturated carbocycles. The summed E-state index contributed by atoms with van der Waals surface area (Å²) in [6, 6.07) is 8.27. The van der Waals surface area contributed by atoms with Crippen LogP contribution in [0.3, 0.4) is 0 Å². The van der Waals surface area contributed by atoms with E-state index < -0.39 is 11.5 Å². The van der Waals surface area contributed by atoms with Crippen molar-refractivity contribution in [1.82, 2.24) is 5.32 Å². The molecular formula is C14H19NO2. The molecule has 0 amide bonds. The Hall–Kier alpha value is -1.35. The Balaban J connectivity index is 2.24. The van der Waals surface area contributed by atoms with Crippen molar-refractivity contribution in [1.29, 1.82) is 0 Å². The second-order valence-electron chi connectivity index (χ2n) is 5.11. The number of aliphatic carboxylic acids is 1. The molecule has 1 saturated heterocycles. The molecule has 0 radical (unpaired) electrons. The Labute approximate surface area is 102 Å². The maximum absolute atomic E-state index is 11.3. The van der Waals surface area contributed by atoms with Crippen molar-refractivity contribution >= 4 is 5.97 Å². The third-order valence-corrected chi connectivity index (χ3v) is 3.76. The molecule has 0 aromatic heterocycles. The molecule has 3 heteroatoms. The van der Waals surface area contributed by atoms with E-state index in [1.165, 1.54) is 11.1 Å². The number of hydrogen-bond donors (Lipinski definition) is 2. The number of benzene rings is 1. The maximum atomic E-state index is 11.3. The fraction of sp³-hybridized carbons (Fsp3) is 0.500. The van der Waals surface area contributed by atoms with Gasteiger partial charge in [-0.3, -0.25) is 4.79 Å². The summed E-state index contributed by atoms with van der Waals surface area (Å²) < 4.78 is 0. The van der Waals surface area contributed by atoms with E-state index in [0.717, 1.165) is 13.0 Å². The number of carboxylic acids is 1. The van der Waals surface area contributed by atoms with E-state index in [-0.39, 0.29) is 0 Å². The number of aryl methyl sites for hydroxylation is 1. The van der Waals surface area contributed by atoms with Crippen LogP contribution in [0, 0.1) is 6.92 Å². The van der Waals surface area contributed by atoms with Gasteiger partial charge in [-0.1, -0.05) is 24.3 Å². The average molecular weight is 233 g/mol. The van der Waals surface area contributed by atoms with E-state index in [0.29, 0.717) is 12.3 Å². The lowest BCUT2D eigenvalue weighted by molar-refractivity contribution is -0.145. The smallest absolute Gasteiger partial charge is 0.323 e. The lowest BCUT2D eigenvalue weighted by atomic mass is 9.78. The van der Waals surface area contributed by atoms with Crippen molar-refractivity contribution in [3.63, 3.8) is 0 Å². The van der Waals surface area contributed by atoms with Crippen LogP contribution in [-0.4, -0.2) is 23.2 Å². The summed E-state index contributed by atoms with van der Waals surface area (Å²) in [6.07, 6.45) is 1.67. The van der Waals surface area contributed by atoms with E-state index in [4.69, 9.17) is 0 Å². The van der Waals surface area contributed by atoms with Crippen molar-refractivity contribution in [2.75, 3.05) is 6.54 Å². The molecule has 17 heavy (non-hydrogen) atoms. The Morgan fingerprint density at radius 1 is 1.47 bits per heavy atom. The van der Waals surface area contributed by atoms with Crippen LogP contribution in [0.15, 0.2) is 24.3 Å². The van der Waals surface area contributed by atoms with Gasteiger partial charge in [0, 0.05) is 0 Å². The number of nitrogens with one attached hydrogen (secondary N) is 1. The van der Waals surface area contributed by atoms with Crippen LogP contribution in [0.2, 0.25) is 0 Å². The number of rotatable bonds is 2. The summed E-state index contributed by atoms with van der Waals surface area (Å²) >= 11 is 0. The second-order valence-corrected chi connectivity index (χ2v) is 5.11. The molecule has 0 bridgehead atoms. The Morgan fingerprint density at radius 3 is 2.82 bits per heavy atom. The molecule has 0 spiro atoms. The number of piperidine rings is 1. The molecule has 2 N–H and O–H groups in total. The number of carboxylic acid groups (broad SMARTS) is 1. The summed E-state index contributed by atoms with van der Waals surface area (Å²) in [5.41, 5.74) is 1.76. The highest BCUT2D eigenvalue weighted by molar-refractivity contribution is 5.78. The van der Waals surface area contributed by atoms with Gasteiger partial charge in [-0.2, -0.15) is 0 Å². The van der Waals surface area contributed by atoms with Crippen LogP contribution in [-0.2, 0) is 4.79 Å². The average Bonchev–Trinajstić information content (AvgIpc) is 2.29. The van der Waals surface area contributed by atoms with Gasteiger partial charge in [0.25, 0.3) is 0 Å². The predicted molar refractivity (Wildman–Crippen MR) is 67.2 cm³/mol. The van der Waals surface area contributed by atoms with Gasteiger partial charge >= 0.3 is 5.97 Å². The fourth-order valence-corrected chi connectivity index (χ4v) is 2.66. The van der Waals surface area contributed by atoms with Gasteiger partial charge in [0.1, 0.15) is 5.54 Å². The monoisotopic (exact) mass is 233 g/mol. The molecule has 0 aliphatic carbocycles. The minimum absolute atomic E-state index is 0.346. The van der Waals surface area contributed by atoms with Gasteiger partial charge in [0.15, 0.2) is 0 Å². The van der Waals surface area contributed by atoms with E-state index in [1.54, 1.807) is 6.92 Å². The minimum Gasteiger partial charge on any atom is -0.480 e. The molecule has 1 aliphatic rings. The highest BCUT2D eigenvalue weighted by atomic mass is 16.4. The zero-order valence-corrected chi connectivity index (χ0v) is 10.4. The Kier molecular flexibility index (Phi) is 3.20. The van der Waals surface area contributed by atoms with E-state index in [2.05, 4.69) is 24.4 Å². The van der Waals surface area contributed by atoms with Crippen molar-refractivity contribution in [2.24, 2.45) is 0 Å². The van der Waals surface area contributed by atoms with Crippen LogP contribution >= 0.6 is 0 Å². The van der Waals surface area contributed by atoms with Gasteiger partial charge in [-0.15, -0.1) is 0 Å². The van der Waals surface area contributed by atoms with Crippen molar-refractivity contribution < 1.29 is 9.90 Å². The first-order valence-electron chi connectivity index (χ1n) is 6.07. The molecule has 3 nitrogen and oxygen atoms in total. The summed E-state index contributed by atoms with van der Waals surface area (Å²) in [6.45, 7) is 4.64. The summed E-state index contributed by atoms with van der Waals surface area (Å²) in [5, 5.41) is 12.4. The molecule has 1 heterocycles. The molecule has 2 rings (SSSR count). The van der Waals surface area contributed by atoms with Crippen LogP contribution < -0.4 is 5.32 Å². The summed E-state index contributed by atoms with van der Waals surface area (Å²) in [4.78, 5) is 11.3. The van der Waals surface area contributed by atoms with Crippen molar-refractivity contribution in [3.05, 3.63) is 35.4 Å². The predicted octanol–water partition coefficient (Wildman–Crippen LogP) is 2.31. The summed E-state index contributed by atoms with van der Waals surface area (Å²) in [7, 11) is 0. The first-order valence-corrected chi connectivity index (χ1v) is 6.07. The quantitative estimate of drug-likeness (QED) is 0.824. The SMILES string of the molecule is Cc1ccccc1C1CCNC(C)(C(=O)O)C1. The molecule has 2 atom stereocenters. The lowest BCUT2D eigenvalue weighted by Crippen LogP contribution is -2.54. The molecule has 1 aliphatic heterocycles. The Morgan fingerprint density at radius 2 is 2.18 bits per heavy atom. The topological polar surface area (TPSA) is 49.3 Å². The molecule has 1 aromatic rings. The second kappa shape index (κ2) is 4.49. The molecular weight excluding hydrogens is 214 g/mol. The largest absolute Gasteiger partial charge is 0.480 e. The highest BCUT2D eigenvalue weighted by Crippen LogP contribution is 2.34. The Bertz CT molecular complexity index is 430. The van der Waals surface area contributed by atoms with Crippen molar-refractivity contribution in [3.8, 4) is 0 Å². The summed E-state index contributed by atoms with van der Waals surface area (Å²) in [5.74, 6) is -0.408. The third kappa shape index (κ3) is 2.34. The normalized spacial score (nSPS) is 28.9. The molecule has 1 aromatic carbocycles. The standard InChI is InChI=1S/C14H19NO2/c1-10-5-3-4-6-12(10)11-7-8-15-14(2,9-11)13(16)17/h3-6,11,15H,7-9H2,1-2H3,(H,16,17). The maximum Gasteiger partial charge on any atom is 0.323 e. The van der Waals surface area contributed by atoms with Crippen LogP contribution in [0.1, 0.15) is 36.8 Å². The van der Waals surface area contributed by atoms with Gasteiger partial charge in [-0.05, 0) is 50.3 Å². The van der Waals surface area contributed by atoms with Crippen LogP contribution in [0.25, 0.3) is 0 Å². The zero-order valence-electron chi connectivity index (χ0n) is 10.4. The zero-order chi connectivity index (χ0) is 12.5. The van der Waals surface area contributed by atoms with E-state index in [1.807, 2.05) is 12.1 Å². The molecule has 92 valence electrons. The first kappa shape index (κ1) is 12.1.